The van der Waals surface area contributed by atoms with Gasteiger partial charge >= 0.3 is 11.7 Å². The predicted molar refractivity (Wildman–Crippen MR) is 150 cm³/mol. The molecule has 3 N–H and O–H groups in total. The number of thioether (sulfide) groups is 1. The van der Waals surface area contributed by atoms with Gasteiger partial charge in [-0.2, -0.15) is 4.98 Å². The van der Waals surface area contributed by atoms with Gasteiger partial charge in [-0.25, -0.2) is 14.3 Å². The molecule has 0 spiro atoms. The highest BCUT2D eigenvalue weighted by molar-refractivity contribution is 8.00. The van der Waals surface area contributed by atoms with Crippen molar-refractivity contribution < 1.29 is 37.2 Å². The molecule has 0 bridgehead atoms. The van der Waals surface area contributed by atoms with Crippen molar-refractivity contribution in [2.24, 2.45) is 0 Å². The minimum atomic E-state index is -1.89. The maximum absolute atomic E-state index is 14.7. The SMILES string of the molecule is CC(NP(OCOC=O)OCC1CC(F)C(n2ccc(N)nc2=O)S1)C(=O)OCc1ccccc1.COC(C)C. The molecule has 3 rings (SSSR count). The first kappa shape index (κ1) is 33.6. The van der Waals surface area contributed by atoms with Gasteiger partial charge in [0.05, 0.1) is 12.7 Å². The third-order valence-corrected chi connectivity index (χ3v) is 8.12. The van der Waals surface area contributed by atoms with E-state index in [1.54, 1.807) is 14.0 Å². The van der Waals surface area contributed by atoms with Gasteiger partial charge in [0.15, 0.2) is 6.79 Å². The van der Waals surface area contributed by atoms with Crippen LogP contribution in [0, 0.1) is 0 Å². The van der Waals surface area contributed by atoms with Gasteiger partial charge in [-0.05, 0) is 38.8 Å². The summed E-state index contributed by atoms with van der Waals surface area (Å²) < 4.78 is 41.6. The Labute approximate surface area is 238 Å². The van der Waals surface area contributed by atoms with E-state index in [1.807, 2.05) is 44.2 Å². The van der Waals surface area contributed by atoms with Gasteiger partial charge in [-0.15, -0.1) is 11.8 Å². The van der Waals surface area contributed by atoms with Crippen LogP contribution >= 0.6 is 20.3 Å². The molecule has 40 heavy (non-hydrogen) atoms. The molecule has 0 saturated carbocycles. The molecule has 2 aromatic rings. The first-order valence-corrected chi connectivity index (χ1v) is 14.5. The van der Waals surface area contributed by atoms with Crippen molar-refractivity contribution in [1.82, 2.24) is 14.6 Å². The molecule has 1 aromatic heterocycles. The van der Waals surface area contributed by atoms with E-state index in [0.29, 0.717) is 6.10 Å². The zero-order valence-electron chi connectivity index (χ0n) is 22.8. The molecule has 222 valence electrons. The lowest BCUT2D eigenvalue weighted by molar-refractivity contribution is -0.146. The van der Waals surface area contributed by atoms with E-state index in [-0.39, 0.29) is 37.2 Å². The van der Waals surface area contributed by atoms with Crippen LogP contribution in [-0.2, 0) is 39.5 Å². The number of carbonyl (C=O) groups is 2. The minimum Gasteiger partial charge on any atom is -0.460 e. The number of nitrogen functional groups attached to an aromatic ring is 1. The quantitative estimate of drug-likeness (QED) is 0.107. The number of rotatable bonds is 14. The van der Waals surface area contributed by atoms with Crippen molar-refractivity contribution in [1.29, 1.82) is 0 Å². The number of nitrogens with two attached hydrogens (primary N) is 1. The Bertz CT molecular complexity index is 1100. The number of methoxy groups -OCH3 is 1. The Kier molecular flexibility index (Phi) is 15.1. The minimum absolute atomic E-state index is 0.0598. The van der Waals surface area contributed by atoms with Crippen molar-refractivity contribution >= 4 is 38.5 Å². The lowest BCUT2D eigenvalue weighted by Gasteiger charge is -2.22. The Hall–Kier alpha value is -2.61. The Balaban J connectivity index is 0.00000103. The zero-order valence-corrected chi connectivity index (χ0v) is 24.5. The van der Waals surface area contributed by atoms with Crippen molar-refractivity contribution in [2.45, 2.75) is 62.7 Å². The van der Waals surface area contributed by atoms with Crippen molar-refractivity contribution in [2.75, 3.05) is 26.2 Å². The second-order valence-corrected chi connectivity index (χ2v) is 11.4. The van der Waals surface area contributed by atoms with Crippen LogP contribution in [0.1, 0.15) is 38.1 Å². The van der Waals surface area contributed by atoms with Gasteiger partial charge in [0.1, 0.15) is 30.0 Å². The Morgan fingerprint density at radius 1 is 1.27 bits per heavy atom. The molecular formula is C25H36FN4O8PS. The number of hydrogen-bond donors (Lipinski definition) is 2. The zero-order chi connectivity index (χ0) is 29.5. The van der Waals surface area contributed by atoms with E-state index < -0.39 is 44.6 Å². The lowest BCUT2D eigenvalue weighted by atomic mass is 10.2. The van der Waals surface area contributed by atoms with Crippen LogP contribution in [0.25, 0.3) is 0 Å². The molecule has 1 fully saturated rings. The standard InChI is InChI=1S/C21H26FN4O7PS.C4H10O/c1-14(20(28)31-10-15-5-3-2-4-6-15)25-34(33-13-30-12-27)32-11-16-9-17(22)19(35-16)26-8-7-18(23)24-21(26)29;1-4(2)5-3/h2-8,12,14,16-17,19,25H,9-11,13H2,1H3,(H2,23,24,29);4H,1-3H3. The summed E-state index contributed by atoms with van der Waals surface area (Å²) in [6.45, 7) is 5.57. The molecule has 12 nitrogen and oxygen atoms in total. The summed E-state index contributed by atoms with van der Waals surface area (Å²) in [5, 5.41) is 1.80. The lowest BCUT2D eigenvalue weighted by Crippen LogP contribution is -2.33. The number of anilines is 1. The Morgan fingerprint density at radius 3 is 2.60 bits per heavy atom. The van der Waals surface area contributed by atoms with Gasteiger partial charge in [0.2, 0.25) is 0 Å². The first-order valence-electron chi connectivity index (χ1n) is 12.4. The highest BCUT2D eigenvalue weighted by atomic mass is 32.2. The fourth-order valence-corrected chi connectivity index (χ4v) is 5.73. The number of nitrogens with one attached hydrogen (secondary N) is 1. The number of aromatic nitrogens is 2. The summed E-state index contributed by atoms with van der Waals surface area (Å²) in [6, 6.07) is 9.85. The predicted octanol–water partition coefficient (Wildman–Crippen LogP) is 3.32. The van der Waals surface area contributed by atoms with Crippen LogP contribution < -0.4 is 16.5 Å². The number of benzene rings is 1. The van der Waals surface area contributed by atoms with Gasteiger partial charge in [0.25, 0.3) is 15.0 Å². The highest BCUT2D eigenvalue weighted by Gasteiger charge is 2.38. The third-order valence-electron chi connectivity index (χ3n) is 5.29. The van der Waals surface area contributed by atoms with E-state index in [0.717, 1.165) is 5.56 Å². The molecule has 0 amide bonds. The van der Waals surface area contributed by atoms with Crippen LogP contribution in [0.3, 0.4) is 0 Å². The number of halogens is 1. The Morgan fingerprint density at radius 2 is 1.98 bits per heavy atom. The average Bonchev–Trinajstić information content (AvgIpc) is 3.31. The second kappa shape index (κ2) is 17.9. The van der Waals surface area contributed by atoms with E-state index in [4.69, 9.17) is 24.3 Å². The molecule has 1 saturated heterocycles. The monoisotopic (exact) mass is 602 g/mol. The summed E-state index contributed by atoms with van der Waals surface area (Å²) in [7, 11) is -0.187. The van der Waals surface area contributed by atoms with Crippen LogP contribution in [0.15, 0.2) is 47.4 Å². The smallest absolute Gasteiger partial charge is 0.350 e. The molecule has 0 aliphatic carbocycles. The number of alkyl halides is 1. The van der Waals surface area contributed by atoms with E-state index in [9.17, 15) is 18.8 Å². The van der Waals surface area contributed by atoms with Crippen molar-refractivity contribution in [3.63, 3.8) is 0 Å². The fourth-order valence-electron chi connectivity index (χ4n) is 3.11. The highest BCUT2D eigenvalue weighted by Crippen LogP contribution is 2.45. The maximum atomic E-state index is 14.7. The van der Waals surface area contributed by atoms with Crippen molar-refractivity contribution in [3.8, 4) is 0 Å². The number of esters is 1. The molecule has 5 atom stereocenters. The van der Waals surface area contributed by atoms with Gasteiger partial charge in [0, 0.05) is 18.6 Å². The summed E-state index contributed by atoms with van der Waals surface area (Å²) in [5.74, 6) is -0.466. The second-order valence-electron chi connectivity index (χ2n) is 8.73. The van der Waals surface area contributed by atoms with E-state index in [1.165, 1.54) is 28.6 Å². The number of hydrogen-bond acceptors (Lipinski definition) is 12. The summed E-state index contributed by atoms with van der Waals surface area (Å²) >= 11 is 1.22. The largest absolute Gasteiger partial charge is 0.460 e. The number of carbonyl (C=O) groups excluding carboxylic acids is 2. The maximum Gasteiger partial charge on any atom is 0.350 e. The van der Waals surface area contributed by atoms with Gasteiger partial charge < -0.3 is 24.5 Å². The molecule has 1 aromatic carbocycles. The summed E-state index contributed by atoms with van der Waals surface area (Å²) in [4.78, 5) is 38.5. The normalized spacial score (nSPS) is 19.8. The van der Waals surface area contributed by atoms with Crippen LogP contribution in [-0.4, -0.2) is 66.1 Å². The average molecular weight is 603 g/mol. The van der Waals surface area contributed by atoms with Crippen LogP contribution in [0.5, 0.6) is 0 Å². The van der Waals surface area contributed by atoms with E-state index >= 15 is 0 Å². The van der Waals surface area contributed by atoms with Crippen LogP contribution in [0.4, 0.5) is 10.2 Å². The fraction of sp³-hybridized carbons (Fsp3) is 0.520. The summed E-state index contributed by atoms with van der Waals surface area (Å²) in [5.41, 5.74) is 5.71. The third kappa shape index (κ3) is 11.9. The topological polar surface area (TPSA) is 153 Å². The molecule has 15 heteroatoms. The van der Waals surface area contributed by atoms with Crippen molar-refractivity contribution in [3.05, 3.63) is 58.6 Å². The first-order chi connectivity index (χ1) is 19.1. The molecule has 2 heterocycles. The van der Waals surface area contributed by atoms with Gasteiger partial charge in [-0.1, -0.05) is 30.3 Å². The number of nitrogens with zero attached hydrogens (tertiary/aromatic N) is 2. The van der Waals surface area contributed by atoms with E-state index in [2.05, 4.69) is 14.8 Å². The van der Waals surface area contributed by atoms with Gasteiger partial charge in [-0.3, -0.25) is 18.7 Å². The van der Waals surface area contributed by atoms with Crippen LogP contribution in [0.2, 0.25) is 0 Å². The summed E-state index contributed by atoms with van der Waals surface area (Å²) in [6.07, 6.45) is 0.626. The molecule has 0 radical (unpaired) electrons. The number of ether oxygens (including phenoxy) is 3. The molecular weight excluding hydrogens is 566 g/mol. The molecule has 1 aliphatic rings. The molecule has 5 unspecified atom stereocenters. The molecule has 1 aliphatic heterocycles.